The van der Waals surface area contributed by atoms with Crippen molar-refractivity contribution in [2.45, 2.75) is 12.5 Å². The van der Waals surface area contributed by atoms with Crippen molar-refractivity contribution < 1.29 is 24.3 Å². The van der Waals surface area contributed by atoms with Crippen molar-refractivity contribution in [1.29, 1.82) is 0 Å². The Morgan fingerprint density at radius 1 is 1.11 bits per heavy atom. The van der Waals surface area contributed by atoms with Gasteiger partial charge in [0.1, 0.15) is 12.6 Å². The Labute approximate surface area is 155 Å². The number of oxime groups is 1. The zero-order valence-corrected chi connectivity index (χ0v) is 14.4. The monoisotopic (exact) mass is 366 g/mol. The Kier molecular flexibility index (Phi) is 3.47. The van der Waals surface area contributed by atoms with Crippen LogP contribution in [-0.2, 0) is 19.2 Å². The van der Waals surface area contributed by atoms with E-state index in [0.29, 0.717) is 0 Å². The number of carbonyl (C=O) groups excluding carboxylic acids is 2. The molecule has 2 bridgehead atoms. The van der Waals surface area contributed by atoms with Crippen molar-refractivity contribution in [3.63, 3.8) is 0 Å². The molecule has 3 fully saturated rings. The molecule has 2 saturated carbocycles. The minimum Gasteiger partial charge on any atom is -0.480 e. The van der Waals surface area contributed by atoms with Crippen LogP contribution in [0.2, 0.25) is 0 Å². The Morgan fingerprint density at radius 3 is 2.52 bits per heavy atom. The molecule has 2 amide bonds. The smallest absolute Gasteiger partial charge is 0.323 e. The van der Waals surface area contributed by atoms with Gasteiger partial charge in [0.05, 0.1) is 17.5 Å². The van der Waals surface area contributed by atoms with Crippen LogP contribution >= 0.6 is 0 Å². The highest BCUT2D eigenvalue weighted by Gasteiger charge is 2.70. The highest BCUT2D eigenvalue weighted by Crippen LogP contribution is 2.61. The second-order valence-corrected chi connectivity index (χ2v) is 7.63. The lowest BCUT2D eigenvalue weighted by Gasteiger charge is -2.29. The standard InChI is InChI=1S/C20H18N2O5/c23-14(24)9-22-19(25)16-11-8-12(17(16)20(22)26)18-15(11)13(21-27-18)7-6-10-4-2-1-3-5-10/h1-7,11-12,15-18H,8-9H2,(H,23,24)/b7-6+/t11-,12-,15+,16+,17-,18+/m0/s1. The number of allylic oxidation sites excluding steroid dienone is 1. The van der Waals surface area contributed by atoms with Crippen molar-refractivity contribution in [1.82, 2.24) is 4.90 Å². The number of aliphatic carboxylic acids is 1. The molecule has 0 spiro atoms. The van der Waals surface area contributed by atoms with Crippen molar-refractivity contribution >= 4 is 29.6 Å². The fraction of sp³-hybridized carbons (Fsp3) is 0.400. The van der Waals surface area contributed by atoms with E-state index in [2.05, 4.69) is 5.16 Å². The zero-order valence-electron chi connectivity index (χ0n) is 14.4. The maximum absolute atomic E-state index is 12.7. The third kappa shape index (κ3) is 2.27. The molecule has 2 aliphatic carbocycles. The number of rotatable bonds is 4. The van der Waals surface area contributed by atoms with Crippen LogP contribution < -0.4 is 0 Å². The minimum absolute atomic E-state index is 0.0160. The van der Waals surface area contributed by atoms with Crippen LogP contribution in [0.1, 0.15) is 12.0 Å². The maximum atomic E-state index is 12.7. The van der Waals surface area contributed by atoms with Gasteiger partial charge in [0.15, 0.2) is 0 Å². The molecule has 1 aromatic rings. The molecule has 7 nitrogen and oxygen atoms in total. The van der Waals surface area contributed by atoms with Gasteiger partial charge >= 0.3 is 5.97 Å². The number of benzene rings is 1. The molecule has 0 radical (unpaired) electrons. The fourth-order valence-corrected chi connectivity index (χ4v) is 5.39. The molecule has 0 unspecified atom stereocenters. The lowest BCUT2D eigenvalue weighted by atomic mass is 9.72. The number of imide groups is 1. The van der Waals surface area contributed by atoms with Gasteiger partial charge in [-0.05, 0) is 24.0 Å². The minimum atomic E-state index is -1.17. The second kappa shape index (κ2) is 5.77. The maximum Gasteiger partial charge on any atom is 0.323 e. The molecule has 5 rings (SSSR count). The molecule has 27 heavy (non-hydrogen) atoms. The third-order valence-electron chi connectivity index (χ3n) is 6.35. The molecule has 1 N–H and O–H groups in total. The molecular weight excluding hydrogens is 348 g/mol. The molecule has 1 saturated heterocycles. The lowest BCUT2D eigenvalue weighted by Crippen LogP contribution is -2.40. The number of hydrogen-bond acceptors (Lipinski definition) is 5. The lowest BCUT2D eigenvalue weighted by molar-refractivity contribution is -0.150. The van der Waals surface area contributed by atoms with E-state index in [-0.39, 0.29) is 35.7 Å². The molecule has 1 aromatic carbocycles. The second-order valence-electron chi connectivity index (χ2n) is 7.63. The van der Waals surface area contributed by atoms with E-state index in [1.165, 1.54) is 0 Å². The first kappa shape index (κ1) is 16.2. The first-order chi connectivity index (χ1) is 13.1. The van der Waals surface area contributed by atoms with Gasteiger partial charge in [-0.1, -0.05) is 41.6 Å². The summed E-state index contributed by atoms with van der Waals surface area (Å²) in [5, 5.41) is 13.2. The van der Waals surface area contributed by atoms with Crippen molar-refractivity contribution in [3.8, 4) is 0 Å². The van der Waals surface area contributed by atoms with E-state index in [4.69, 9.17) is 9.94 Å². The first-order valence-electron chi connectivity index (χ1n) is 9.10. The molecule has 6 atom stereocenters. The Hall–Kier alpha value is -2.96. The zero-order chi connectivity index (χ0) is 18.7. The van der Waals surface area contributed by atoms with E-state index in [9.17, 15) is 14.4 Å². The highest BCUT2D eigenvalue weighted by atomic mass is 16.6. The molecule has 2 heterocycles. The Bertz CT molecular complexity index is 893. The molecule has 138 valence electrons. The van der Waals surface area contributed by atoms with Crippen LogP contribution in [0.15, 0.2) is 41.6 Å². The molecular formula is C20H18N2O5. The van der Waals surface area contributed by atoms with Gasteiger partial charge in [-0.15, -0.1) is 0 Å². The predicted molar refractivity (Wildman–Crippen MR) is 94.2 cm³/mol. The van der Waals surface area contributed by atoms with Gasteiger partial charge in [-0.3, -0.25) is 19.3 Å². The van der Waals surface area contributed by atoms with E-state index >= 15 is 0 Å². The van der Waals surface area contributed by atoms with Gasteiger partial charge in [0, 0.05) is 11.8 Å². The van der Waals surface area contributed by atoms with Crippen LogP contribution in [0.3, 0.4) is 0 Å². The summed E-state index contributed by atoms with van der Waals surface area (Å²) in [6, 6.07) is 9.84. The van der Waals surface area contributed by atoms with E-state index in [1.54, 1.807) is 0 Å². The van der Waals surface area contributed by atoms with Gasteiger partial charge < -0.3 is 9.94 Å². The number of likely N-dealkylation sites (tertiary alicyclic amines) is 1. The van der Waals surface area contributed by atoms with Crippen LogP contribution in [0.4, 0.5) is 0 Å². The average Bonchev–Trinajstić information content (AvgIpc) is 3.38. The highest BCUT2D eigenvalue weighted by molar-refractivity contribution is 6.09. The Morgan fingerprint density at radius 2 is 1.81 bits per heavy atom. The van der Waals surface area contributed by atoms with Crippen molar-refractivity contribution in [3.05, 3.63) is 42.0 Å². The molecule has 0 aromatic heterocycles. The van der Waals surface area contributed by atoms with Crippen LogP contribution in [0.5, 0.6) is 0 Å². The van der Waals surface area contributed by atoms with Crippen molar-refractivity contribution in [2.75, 3.05) is 6.54 Å². The molecule has 2 aliphatic heterocycles. The SMILES string of the molecule is O=C(O)CN1C(=O)[C@@H]2[C@H]3C[C@H]([C@H]4ON=C(/C=C/c5ccccc5)[C@@H]34)[C@@H]2C1=O. The van der Waals surface area contributed by atoms with Gasteiger partial charge in [0.25, 0.3) is 0 Å². The summed E-state index contributed by atoms with van der Waals surface area (Å²) < 4.78 is 0. The number of amides is 2. The Balaban J connectivity index is 1.40. The summed E-state index contributed by atoms with van der Waals surface area (Å²) >= 11 is 0. The van der Waals surface area contributed by atoms with E-state index in [0.717, 1.165) is 22.6 Å². The number of fused-ring (bicyclic) bond motifs is 8. The van der Waals surface area contributed by atoms with Crippen LogP contribution in [0.25, 0.3) is 6.08 Å². The molecule has 4 aliphatic rings. The fourth-order valence-electron chi connectivity index (χ4n) is 5.39. The van der Waals surface area contributed by atoms with Crippen LogP contribution in [0, 0.1) is 29.6 Å². The van der Waals surface area contributed by atoms with Gasteiger partial charge in [0.2, 0.25) is 11.8 Å². The van der Waals surface area contributed by atoms with E-state index in [1.807, 2.05) is 42.5 Å². The van der Waals surface area contributed by atoms with Gasteiger partial charge in [-0.25, -0.2) is 0 Å². The number of carbonyl (C=O) groups is 3. The quantitative estimate of drug-likeness (QED) is 0.813. The summed E-state index contributed by atoms with van der Waals surface area (Å²) in [5.41, 5.74) is 1.84. The average molecular weight is 366 g/mol. The normalized spacial score (nSPS) is 36.1. The molecule has 7 heteroatoms. The summed E-state index contributed by atoms with van der Waals surface area (Å²) in [4.78, 5) is 43.0. The summed E-state index contributed by atoms with van der Waals surface area (Å²) in [7, 11) is 0. The summed E-state index contributed by atoms with van der Waals surface area (Å²) in [6.45, 7) is -0.560. The first-order valence-corrected chi connectivity index (χ1v) is 9.10. The van der Waals surface area contributed by atoms with Gasteiger partial charge in [-0.2, -0.15) is 0 Å². The third-order valence-corrected chi connectivity index (χ3v) is 6.35. The number of hydrogen-bond donors (Lipinski definition) is 1. The van der Waals surface area contributed by atoms with E-state index < -0.39 is 24.3 Å². The largest absolute Gasteiger partial charge is 0.480 e. The summed E-state index contributed by atoms with van der Waals surface area (Å²) in [6.07, 6.45) is 4.44. The van der Waals surface area contributed by atoms with Crippen LogP contribution in [-0.4, -0.2) is 46.2 Å². The van der Waals surface area contributed by atoms with Crippen molar-refractivity contribution in [2.24, 2.45) is 34.7 Å². The number of carboxylic acid groups (broad SMARTS) is 1. The predicted octanol–water partition coefficient (Wildman–Crippen LogP) is 1.41. The number of nitrogens with zero attached hydrogens (tertiary/aromatic N) is 2. The number of carboxylic acids is 1. The summed E-state index contributed by atoms with van der Waals surface area (Å²) in [5.74, 6) is -2.91. The topological polar surface area (TPSA) is 96.3 Å².